The molecule has 0 saturated carbocycles. The van der Waals surface area contributed by atoms with Crippen molar-refractivity contribution in [3.8, 4) is 0 Å². The third-order valence-electron chi connectivity index (χ3n) is 8.80. The van der Waals surface area contributed by atoms with Gasteiger partial charge in [0.05, 0.1) is 30.1 Å². The number of rotatable bonds is 9. The number of nitrogens with one attached hydrogen (secondary N) is 2. The smallest absolute Gasteiger partial charge is 0.246 e. The van der Waals surface area contributed by atoms with Crippen LogP contribution in [0.25, 0.3) is 0 Å². The van der Waals surface area contributed by atoms with Crippen LogP contribution in [0.3, 0.4) is 0 Å². The number of benzene rings is 1. The van der Waals surface area contributed by atoms with Crippen molar-refractivity contribution in [2.75, 3.05) is 6.61 Å². The summed E-state index contributed by atoms with van der Waals surface area (Å²) in [6, 6.07) is 8.15. The lowest BCUT2D eigenvalue weighted by molar-refractivity contribution is -0.151. The van der Waals surface area contributed by atoms with Crippen molar-refractivity contribution in [2.24, 2.45) is 23.2 Å². The maximum atomic E-state index is 14.3. The predicted molar refractivity (Wildman–Crippen MR) is 149 cm³/mol. The average Bonchev–Trinajstić information content (AvgIpc) is 3.37. The van der Waals surface area contributed by atoms with Crippen LogP contribution < -0.4 is 10.6 Å². The molecule has 3 fully saturated rings. The number of fused-ring (bicyclic) bond motifs is 1. The molecule has 3 amide bonds. The molecular formula is C31H47N3O5. The van der Waals surface area contributed by atoms with Crippen LogP contribution in [0.15, 0.2) is 30.3 Å². The summed E-state index contributed by atoms with van der Waals surface area (Å²) in [5.74, 6) is -2.41. The Morgan fingerprint density at radius 3 is 2.31 bits per heavy atom. The fourth-order valence-electron chi connectivity index (χ4n) is 7.71. The predicted octanol–water partition coefficient (Wildman–Crippen LogP) is 3.42. The van der Waals surface area contributed by atoms with Gasteiger partial charge in [0.2, 0.25) is 17.7 Å². The van der Waals surface area contributed by atoms with E-state index in [4.69, 9.17) is 4.74 Å². The quantitative estimate of drug-likeness (QED) is 0.444. The van der Waals surface area contributed by atoms with Crippen molar-refractivity contribution < 1.29 is 24.2 Å². The third-order valence-corrected chi connectivity index (χ3v) is 8.80. The molecule has 8 heteroatoms. The second-order valence-corrected chi connectivity index (χ2v) is 14.3. The van der Waals surface area contributed by atoms with Crippen molar-refractivity contribution in [1.82, 2.24) is 15.5 Å². The summed E-state index contributed by atoms with van der Waals surface area (Å²) in [6.45, 7) is 16.2. The van der Waals surface area contributed by atoms with Crippen molar-refractivity contribution in [2.45, 2.75) is 110 Å². The summed E-state index contributed by atoms with van der Waals surface area (Å²) in [4.78, 5) is 43.8. The number of nitrogens with zero attached hydrogens (tertiary/aromatic N) is 1. The Labute approximate surface area is 233 Å². The number of hydrogen-bond donors (Lipinski definition) is 3. The van der Waals surface area contributed by atoms with Gasteiger partial charge in [0.15, 0.2) is 0 Å². The summed E-state index contributed by atoms with van der Waals surface area (Å²) >= 11 is 0. The number of carbonyl (C=O) groups excluding carboxylic acids is 3. The summed E-state index contributed by atoms with van der Waals surface area (Å²) < 4.78 is 6.72. The average molecular weight is 542 g/mol. The zero-order valence-corrected chi connectivity index (χ0v) is 24.8. The van der Waals surface area contributed by atoms with E-state index in [-0.39, 0.29) is 35.7 Å². The molecular weight excluding hydrogens is 494 g/mol. The zero-order chi connectivity index (χ0) is 29.0. The fraction of sp³-hybridized carbons (Fsp3) is 0.710. The molecule has 0 aliphatic carbocycles. The Kier molecular flexibility index (Phi) is 7.71. The molecule has 3 N–H and O–H groups in total. The molecule has 6 atom stereocenters. The van der Waals surface area contributed by atoms with Gasteiger partial charge in [-0.3, -0.25) is 14.4 Å². The van der Waals surface area contributed by atoms with Gasteiger partial charge < -0.3 is 25.4 Å². The van der Waals surface area contributed by atoms with E-state index in [1.54, 1.807) is 4.90 Å². The number of likely N-dealkylation sites (tertiary alicyclic amines) is 1. The standard InChI is InChI=1S/C31H47N3O5/c1-19(2)21(17-35)34-24(26(37)33-29(6,7)18-28(3,4)5)31-15-14-30(8,39-31)22(23(31)27(34)38)25(36)32-16-20-12-10-9-11-13-20/h9-13,19,21-24,35H,14-18H2,1-8H3,(H,32,36)(H,33,37)/t21-,22+,23-,24?,30-,31?/m0/s1. The van der Waals surface area contributed by atoms with Gasteiger partial charge in [-0.2, -0.15) is 0 Å². The van der Waals surface area contributed by atoms with Gasteiger partial charge in [-0.05, 0) is 56.9 Å². The lowest BCUT2D eigenvalue weighted by atomic mass is 9.66. The van der Waals surface area contributed by atoms with E-state index in [0.29, 0.717) is 19.4 Å². The highest BCUT2D eigenvalue weighted by atomic mass is 16.5. The van der Waals surface area contributed by atoms with Crippen LogP contribution in [-0.2, 0) is 25.7 Å². The number of ether oxygens (including phenoxy) is 1. The molecule has 8 nitrogen and oxygen atoms in total. The summed E-state index contributed by atoms with van der Waals surface area (Å²) in [6.07, 6.45) is 1.82. The van der Waals surface area contributed by atoms with Crippen molar-refractivity contribution in [3.63, 3.8) is 0 Å². The van der Waals surface area contributed by atoms with Gasteiger partial charge in [0.1, 0.15) is 11.6 Å². The second kappa shape index (κ2) is 10.2. The maximum absolute atomic E-state index is 14.3. The van der Waals surface area contributed by atoms with Crippen LogP contribution in [0.4, 0.5) is 0 Å². The Balaban J connectivity index is 1.70. The van der Waals surface area contributed by atoms with Gasteiger partial charge >= 0.3 is 0 Å². The van der Waals surface area contributed by atoms with Crippen LogP contribution in [0.2, 0.25) is 0 Å². The highest BCUT2D eigenvalue weighted by molar-refractivity contribution is 5.99. The van der Waals surface area contributed by atoms with E-state index in [9.17, 15) is 19.5 Å². The first kappa shape index (κ1) is 29.5. The van der Waals surface area contributed by atoms with Crippen molar-refractivity contribution >= 4 is 17.7 Å². The SMILES string of the molecule is CC(C)[C@H](CO)N1C(=O)[C@@H]2[C@H](C(=O)NCc3ccccc3)[C@]3(C)CCC2(O3)C1C(=O)NC(C)(C)CC(C)(C)C. The Morgan fingerprint density at radius 1 is 1.10 bits per heavy atom. The van der Waals surface area contributed by atoms with Crippen LogP contribution in [0.1, 0.15) is 80.2 Å². The monoisotopic (exact) mass is 541 g/mol. The van der Waals surface area contributed by atoms with E-state index in [1.807, 2.05) is 65.0 Å². The molecule has 0 aromatic heterocycles. The molecule has 2 unspecified atom stereocenters. The first-order chi connectivity index (χ1) is 18.1. The normalized spacial score (nSPS) is 31.0. The lowest BCUT2D eigenvalue weighted by Gasteiger charge is -2.41. The molecule has 3 heterocycles. The lowest BCUT2D eigenvalue weighted by Crippen LogP contribution is -2.62. The Bertz CT molecular complexity index is 1100. The zero-order valence-electron chi connectivity index (χ0n) is 24.8. The molecule has 3 aliphatic rings. The highest BCUT2D eigenvalue weighted by Gasteiger charge is 2.78. The minimum Gasteiger partial charge on any atom is -0.394 e. The van der Waals surface area contributed by atoms with E-state index < -0.39 is 40.7 Å². The molecule has 3 saturated heterocycles. The highest BCUT2D eigenvalue weighted by Crippen LogP contribution is 2.63. The summed E-state index contributed by atoms with van der Waals surface area (Å²) in [5.41, 5.74) is -1.55. The molecule has 39 heavy (non-hydrogen) atoms. The van der Waals surface area contributed by atoms with Crippen molar-refractivity contribution in [1.29, 1.82) is 0 Å². The van der Waals surface area contributed by atoms with Crippen LogP contribution in [-0.4, -0.2) is 63.2 Å². The minimum atomic E-state index is -1.12. The molecule has 4 rings (SSSR count). The molecule has 216 valence electrons. The van der Waals surface area contributed by atoms with Gasteiger partial charge in [-0.25, -0.2) is 0 Å². The summed E-state index contributed by atoms with van der Waals surface area (Å²) in [5, 5.41) is 16.6. The van der Waals surface area contributed by atoms with E-state index >= 15 is 0 Å². The van der Waals surface area contributed by atoms with Gasteiger partial charge in [0, 0.05) is 12.1 Å². The number of aliphatic hydroxyl groups is 1. The summed E-state index contributed by atoms with van der Waals surface area (Å²) in [7, 11) is 0. The molecule has 1 spiro atoms. The van der Waals surface area contributed by atoms with E-state index in [0.717, 1.165) is 12.0 Å². The Morgan fingerprint density at radius 2 is 1.74 bits per heavy atom. The van der Waals surface area contributed by atoms with Crippen molar-refractivity contribution in [3.05, 3.63) is 35.9 Å². The minimum absolute atomic E-state index is 0.0217. The molecule has 0 radical (unpaired) electrons. The molecule has 1 aromatic rings. The van der Waals surface area contributed by atoms with Crippen LogP contribution >= 0.6 is 0 Å². The fourth-order valence-corrected chi connectivity index (χ4v) is 7.71. The van der Waals surface area contributed by atoms with E-state index in [1.165, 1.54) is 0 Å². The number of hydrogen-bond acceptors (Lipinski definition) is 5. The third kappa shape index (κ3) is 5.34. The molecule has 1 aromatic carbocycles. The largest absolute Gasteiger partial charge is 0.394 e. The first-order valence-electron chi connectivity index (χ1n) is 14.3. The van der Waals surface area contributed by atoms with Gasteiger partial charge in [0.25, 0.3) is 0 Å². The Hall–Kier alpha value is -2.45. The molecule has 3 aliphatic heterocycles. The number of aliphatic hydroxyl groups excluding tert-OH is 1. The number of amides is 3. The maximum Gasteiger partial charge on any atom is 0.246 e. The molecule has 2 bridgehead atoms. The van der Waals surface area contributed by atoms with E-state index in [2.05, 4.69) is 31.4 Å². The topological polar surface area (TPSA) is 108 Å². The first-order valence-corrected chi connectivity index (χ1v) is 14.3. The van der Waals surface area contributed by atoms with Gasteiger partial charge in [-0.1, -0.05) is 65.0 Å². The van der Waals surface area contributed by atoms with Gasteiger partial charge in [-0.15, -0.1) is 0 Å². The second-order valence-electron chi connectivity index (χ2n) is 14.3. The van der Waals surface area contributed by atoms with Crippen LogP contribution in [0.5, 0.6) is 0 Å². The van der Waals surface area contributed by atoms with Crippen LogP contribution in [0, 0.1) is 23.2 Å². The number of carbonyl (C=O) groups is 3.